The predicted octanol–water partition coefficient (Wildman–Crippen LogP) is 10.8. The van der Waals surface area contributed by atoms with E-state index in [-0.39, 0.29) is 0 Å². The van der Waals surface area contributed by atoms with Crippen LogP contribution in [0, 0.1) is 0 Å². The summed E-state index contributed by atoms with van der Waals surface area (Å²) in [6, 6.07) is 59.7. The van der Waals surface area contributed by atoms with Gasteiger partial charge in [0.1, 0.15) is 5.82 Å². The number of aromatic nitrogens is 2. The smallest absolute Gasteiger partial charge is 0.175 e. The van der Waals surface area contributed by atoms with E-state index in [1.807, 2.05) is 48.5 Å². The molecule has 0 amide bonds. The van der Waals surface area contributed by atoms with Gasteiger partial charge in [-0.15, -0.1) is 0 Å². The second kappa shape index (κ2) is 11.5. The summed E-state index contributed by atoms with van der Waals surface area (Å²) in [6.45, 7) is 2.14. The minimum absolute atomic E-state index is 0.771. The zero-order valence-electron chi connectivity index (χ0n) is 28.1. The van der Waals surface area contributed by atoms with Gasteiger partial charge in [0.25, 0.3) is 0 Å². The molecule has 10 rings (SSSR count). The van der Waals surface area contributed by atoms with Gasteiger partial charge in [0, 0.05) is 22.3 Å². The second-order valence-corrected chi connectivity index (χ2v) is 16.0. The van der Waals surface area contributed by atoms with Crippen molar-refractivity contribution in [2.45, 2.75) is 13.3 Å². The van der Waals surface area contributed by atoms with Crippen LogP contribution in [0.15, 0.2) is 170 Å². The van der Waals surface area contributed by atoms with Crippen LogP contribution in [0.4, 0.5) is 0 Å². The molecule has 4 heteroatoms. The quantitative estimate of drug-likeness (QED) is 0.135. The topological polar surface area (TPSA) is 34.9 Å². The lowest BCUT2D eigenvalue weighted by atomic mass is 9.85. The number of hydrogen-bond donors (Lipinski definition) is 0. The van der Waals surface area contributed by atoms with E-state index >= 15 is 4.57 Å². The van der Waals surface area contributed by atoms with E-state index in [1.54, 1.807) is 0 Å². The van der Waals surface area contributed by atoms with Crippen LogP contribution in [0.3, 0.4) is 0 Å². The van der Waals surface area contributed by atoms with Crippen LogP contribution in [-0.2, 0) is 11.0 Å². The highest BCUT2D eigenvalue weighted by atomic mass is 31.2. The zero-order valence-corrected chi connectivity index (χ0v) is 29.0. The van der Waals surface area contributed by atoms with Crippen molar-refractivity contribution < 1.29 is 4.57 Å². The van der Waals surface area contributed by atoms with Crippen LogP contribution in [0.5, 0.6) is 0 Å². The Bertz CT molecular complexity index is 2820. The number of benzene rings is 8. The summed E-state index contributed by atoms with van der Waals surface area (Å²) < 4.78 is 18.3. The highest BCUT2D eigenvalue weighted by Gasteiger charge is 2.40. The molecule has 1 aliphatic rings. The van der Waals surface area contributed by atoms with E-state index in [9.17, 15) is 0 Å². The molecular formula is C47H33N2OP. The normalized spacial score (nSPS) is 15.0. The number of rotatable bonds is 5. The molecule has 0 N–H and O–H groups in total. The first-order valence-electron chi connectivity index (χ1n) is 17.6. The summed E-state index contributed by atoms with van der Waals surface area (Å²) in [5.41, 5.74) is 9.79. The van der Waals surface area contributed by atoms with Crippen molar-refractivity contribution in [2.24, 2.45) is 0 Å². The summed E-state index contributed by atoms with van der Waals surface area (Å²) in [5, 5.41) is 7.26. The highest BCUT2D eigenvalue weighted by molar-refractivity contribution is 7.86. The summed E-state index contributed by atoms with van der Waals surface area (Å²) in [7, 11) is -3.28. The van der Waals surface area contributed by atoms with Crippen LogP contribution in [0.1, 0.15) is 12.7 Å². The maximum Gasteiger partial charge on any atom is 0.175 e. The molecule has 2 heterocycles. The molecule has 9 aromatic rings. The number of nitrogens with zero attached hydrogens (tertiary/aromatic N) is 2. The van der Waals surface area contributed by atoms with E-state index < -0.39 is 7.14 Å². The van der Waals surface area contributed by atoms with Crippen LogP contribution in [-0.4, -0.2) is 9.55 Å². The minimum Gasteiger partial charge on any atom is -0.308 e. The van der Waals surface area contributed by atoms with Gasteiger partial charge < -0.3 is 4.57 Å². The molecule has 0 bridgehead atoms. The number of aryl methyl sites for hydroxylation is 1. The van der Waals surface area contributed by atoms with Crippen molar-refractivity contribution in [1.29, 1.82) is 0 Å². The largest absolute Gasteiger partial charge is 0.308 e. The van der Waals surface area contributed by atoms with Crippen molar-refractivity contribution in [2.75, 3.05) is 0 Å². The van der Waals surface area contributed by atoms with E-state index in [1.165, 1.54) is 43.8 Å². The van der Waals surface area contributed by atoms with Crippen molar-refractivity contribution in [3.8, 4) is 39.1 Å². The summed E-state index contributed by atoms with van der Waals surface area (Å²) >= 11 is 0. The lowest BCUT2D eigenvalue weighted by molar-refractivity contribution is 0.592. The van der Waals surface area contributed by atoms with Crippen LogP contribution >= 0.6 is 7.14 Å². The molecule has 0 saturated heterocycles. The van der Waals surface area contributed by atoms with E-state index in [4.69, 9.17) is 4.98 Å². The van der Waals surface area contributed by atoms with Crippen molar-refractivity contribution in [1.82, 2.24) is 9.55 Å². The average Bonchev–Trinajstić information content (AvgIpc) is 3.59. The molecule has 8 aromatic carbocycles. The lowest BCUT2D eigenvalue weighted by Gasteiger charge is -2.30. The highest BCUT2D eigenvalue weighted by Crippen LogP contribution is 2.51. The summed E-state index contributed by atoms with van der Waals surface area (Å²) in [4.78, 5) is 5.03. The third-order valence-corrected chi connectivity index (χ3v) is 13.6. The van der Waals surface area contributed by atoms with Crippen LogP contribution in [0.2, 0.25) is 0 Å². The molecule has 0 radical (unpaired) electrons. The maximum absolute atomic E-state index is 16.0. The van der Waals surface area contributed by atoms with Gasteiger partial charge >= 0.3 is 0 Å². The number of imidazole rings is 1. The SMILES string of the molecule is CCc1nc2cccc3c2n1-c1ccc(-c2c4ccccc4c(-c4cccc(-c5ccccc5)c4)c4ccccc24)cc1P3(=O)c1ccccc1. The van der Waals surface area contributed by atoms with E-state index in [0.717, 1.165) is 56.0 Å². The molecule has 1 atom stereocenters. The molecule has 0 fully saturated rings. The molecule has 0 spiro atoms. The van der Waals surface area contributed by atoms with Crippen molar-refractivity contribution in [3.63, 3.8) is 0 Å². The number of hydrogen-bond acceptors (Lipinski definition) is 2. The molecule has 1 unspecified atom stereocenters. The van der Waals surface area contributed by atoms with Gasteiger partial charge in [-0.25, -0.2) is 4.98 Å². The Balaban J connectivity index is 1.27. The first kappa shape index (κ1) is 29.9. The summed E-state index contributed by atoms with van der Waals surface area (Å²) in [6.07, 6.45) is 0.771. The fourth-order valence-corrected chi connectivity index (χ4v) is 11.3. The molecule has 1 aromatic heterocycles. The third kappa shape index (κ3) is 4.38. The third-order valence-electron chi connectivity index (χ3n) is 10.5. The lowest BCUT2D eigenvalue weighted by Crippen LogP contribution is -2.33. The summed E-state index contributed by atoms with van der Waals surface area (Å²) in [5.74, 6) is 0.976. The minimum atomic E-state index is -3.28. The maximum atomic E-state index is 16.0. The second-order valence-electron chi connectivity index (χ2n) is 13.3. The van der Waals surface area contributed by atoms with Crippen molar-refractivity contribution >= 4 is 55.6 Å². The molecule has 51 heavy (non-hydrogen) atoms. The fourth-order valence-electron chi connectivity index (χ4n) is 8.31. The first-order valence-corrected chi connectivity index (χ1v) is 19.3. The van der Waals surface area contributed by atoms with E-state index in [0.29, 0.717) is 0 Å². The standard InChI is InChI=1S/C47H33N2OP/c1-2-44-48-40-25-14-26-42-47(40)49(44)41-28-27-34(30-43(41)51(42,50)35-19-7-4-8-20-35)46-38-23-11-9-21-36(38)45(37-22-10-12-24-39(37)46)33-18-13-17-32(29-33)31-15-5-3-6-16-31/h3-30H,2H2,1H3. The molecule has 0 aliphatic carbocycles. The Labute approximate surface area is 296 Å². The predicted molar refractivity (Wildman–Crippen MR) is 215 cm³/mol. The van der Waals surface area contributed by atoms with Gasteiger partial charge in [-0.2, -0.15) is 0 Å². The Kier molecular flexibility index (Phi) is 6.74. The van der Waals surface area contributed by atoms with Gasteiger partial charge in [-0.1, -0.05) is 146 Å². The van der Waals surface area contributed by atoms with Gasteiger partial charge in [0.2, 0.25) is 0 Å². The fraction of sp³-hybridized carbons (Fsp3) is 0.0426. The van der Waals surface area contributed by atoms with Crippen LogP contribution < -0.4 is 15.9 Å². The van der Waals surface area contributed by atoms with Gasteiger partial charge in [0.15, 0.2) is 7.14 Å². The molecule has 0 saturated carbocycles. The molecular weight excluding hydrogens is 640 g/mol. The first-order chi connectivity index (χ1) is 25.1. The number of para-hydroxylation sites is 1. The Hall–Kier alpha value is -6.02. The number of fused-ring (bicyclic) bond motifs is 4. The molecule has 3 nitrogen and oxygen atoms in total. The Morgan fingerprint density at radius 3 is 1.71 bits per heavy atom. The average molecular weight is 673 g/mol. The monoisotopic (exact) mass is 672 g/mol. The molecule has 242 valence electrons. The van der Waals surface area contributed by atoms with Crippen LogP contribution in [0.25, 0.3) is 71.6 Å². The Morgan fingerprint density at radius 2 is 1.06 bits per heavy atom. The zero-order chi connectivity index (χ0) is 34.1. The van der Waals surface area contributed by atoms with Gasteiger partial charge in [-0.05, 0) is 85.3 Å². The van der Waals surface area contributed by atoms with Crippen molar-refractivity contribution in [3.05, 3.63) is 176 Å². The van der Waals surface area contributed by atoms with Gasteiger partial charge in [-0.3, -0.25) is 4.57 Å². The van der Waals surface area contributed by atoms with Gasteiger partial charge in [0.05, 0.1) is 16.7 Å². The Morgan fingerprint density at radius 1 is 0.510 bits per heavy atom. The molecule has 1 aliphatic heterocycles. The van der Waals surface area contributed by atoms with E-state index in [2.05, 4.69) is 133 Å².